The summed E-state index contributed by atoms with van der Waals surface area (Å²) in [5, 5.41) is 0. The maximum atomic E-state index is 13.8. The summed E-state index contributed by atoms with van der Waals surface area (Å²) < 4.78 is 143. The molecule has 0 fully saturated rings. The molecule has 16 heteroatoms. The molecule has 0 radical (unpaired) electrons. The Kier molecular flexibility index (Phi) is 23.2. The SMILES string of the molecule is CCCCCCCCC(CCCCCCCC)(CCCCCCCC)C(OC(C)OC)PN(S(=O)(=O)C(F)(F)F)S(=O)(=O)C(F)(F)F. The van der Waals surface area contributed by atoms with Crippen LogP contribution in [0.1, 0.15) is 163 Å². The molecule has 3 unspecified atom stereocenters. The van der Waals surface area contributed by atoms with Crippen molar-refractivity contribution in [1.29, 1.82) is 0 Å². The maximum Gasteiger partial charge on any atom is 0.512 e. The van der Waals surface area contributed by atoms with Gasteiger partial charge in [0.2, 0.25) is 0 Å². The molecule has 0 aromatic rings. The van der Waals surface area contributed by atoms with Crippen LogP contribution in [0.5, 0.6) is 0 Å². The molecule has 0 rings (SSSR count). The number of alkyl halides is 6. The molecule has 0 amide bonds. The first-order valence-electron chi connectivity index (χ1n) is 17.2. The van der Waals surface area contributed by atoms with Crippen LogP contribution in [0.4, 0.5) is 26.3 Å². The molecule has 0 aliphatic carbocycles. The number of hydrogen-bond donors (Lipinski definition) is 0. The van der Waals surface area contributed by atoms with E-state index in [9.17, 15) is 43.2 Å². The molecule has 284 valence electrons. The number of rotatable bonds is 29. The zero-order chi connectivity index (χ0) is 36.2. The molecule has 0 bridgehead atoms. The number of unbranched alkanes of at least 4 members (excludes halogenated alkanes) is 15. The summed E-state index contributed by atoms with van der Waals surface area (Å²) >= 11 is 0. The van der Waals surface area contributed by atoms with Gasteiger partial charge in [-0.2, -0.15) is 26.3 Å². The number of methoxy groups -OCH3 is 1. The Bertz CT molecular complexity index is 944. The predicted octanol–water partition coefficient (Wildman–Crippen LogP) is 11.2. The van der Waals surface area contributed by atoms with Crippen molar-refractivity contribution in [2.75, 3.05) is 7.11 Å². The lowest BCUT2D eigenvalue weighted by molar-refractivity contribution is -0.154. The molecule has 0 spiro atoms. The minimum absolute atomic E-state index is 0.336. The Morgan fingerprint density at radius 3 is 1.15 bits per heavy atom. The summed E-state index contributed by atoms with van der Waals surface area (Å²) in [6.07, 6.45) is 15.6. The first-order chi connectivity index (χ1) is 21.9. The molecule has 3 atom stereocenters. The van der Waals surface area contributed by atoms with Gasteiger partial charge in [-0.25, -0.2) is 16.8 Å². The van der Waals surface area contributed by atoms with Gasteiger partial charge in [0.25, 0.3) is 0 Å². The van der Waals surface area contributed by atoms with Crippen molar-refractivity contribution in [3.63, 3.8) is 0 Å². The number of ether oxygens (including phenoxy) is 2. The second kappa shape index (κ2) is 23.3. The second-order valence-corrected chi connectivity index (χ2v) is 18.1. The molecule has 0 saturated carbocycles. The number of nitrogens with zero attached hydrogens (tertiary/aromatic N) is 1. The molecule has 0 aliphatic heterocycles. The van der Waals surface area contributed by atoms with Crippen LogP contribution in [0.15, 0.2) is 0 Å². The third kappa shape index (κ3) is 16.6. The summed E-state index contributed by atoms with van der Waals surface area (Å²) in [5.74, 6) is -1.60. The van der Waals surface area contributed by atoms with E-state index in [1.807, 2.05) is 0 Å². The average Bonchev–Trinajstić information content (AvgIpc) is 2.98. The van der Waals surface area contributed by atoms with E-state index in [-0.39, 0.29) is 0 Å². The summed E-state index contributed by atoms with van der Waals surface area (Å²) in [6.45, 7) is 7.61. The summed E-state index contributed by atoms with van der Waals surface area (Å²) in [4.78, 5) is 0. The van der Waals surface area contributed by atoms with Crippen LogP contribution < -0.4 is 0 Å². The number of hydrogen-bond acceptors (Lipinski definition) is 6. The molecular weight excluding hydrogens is 691 g/mol. The average molecular weight is 752 g/mol. The van der Waals surface area contributed by atoms with Gasteiger partial charge in [-0.1, -0.05) is 140 Å². The Balaban J connectivity index is 7.03. The monoisotopic (exact) mass is 751 g/mol. The third-order valence-electron chi connectivity index (χ3n) is 8.54. The van der Waals surface area contributed by atoms with E-state index in [4.69, 9.17) is 9.47 Å². The van der Waals surface area contributed by atoms with Crippen molar-refractivity contribution in [3.05, 3.63) is 0 Å². The first-order valence-corrected chi connectivity index (χ1v) is 21.2. The van der Waals surface area contributed by atoms with Crippen LogP contribution in [0.25, 0.3) is 0 Å². The fourth-order valence-corrected chi connectivity index (χ4v) is 11.0. The van der Waals surface area contributed by atoms with Crippen LogP contribution in [0.2, 0.25) is 0 Å². The van der Waals surface area contributed by atoms with Crippen LogP contribution >= 0.6 is 8.73 Å². The fraction of sp³-hybridized carbons (Fsp3) is 1.00. The van der Waals surface area contributed by atoms with E-state index in [2.05, 4.69) is 20.8 Å². The highest BCUT2D eigenvalue weighted by molar-refractivity contribution is 8.09. The van der Waals surface area contributed by atoms with Gasteiger partial charge in [-0.15, -0.1) is 0 Å². The van der Waals surface area contributed by atoms with Crippen LogP contribution in [-0.4, -0.2) is 50.6 Å². The van der Waals surface area contributed by atoms with E-state index >= 15 is 0 Å². The Labute approximate surface area is 282 Å². The Morgan fingerprint density at radius 2 is 0.872 bits per heavy atom. The lowest BCUT2D eigenvalue weighted by Crippen LogP contribution is -2.48. The van der Waals surface area contributed by atoms with Crippen LogP contribution in [0.3, 0.4) is 0 Å². The van der Waals surface area contributed by atoms with E-state index in [0.29, 0.717) is 38.5 Å². The summed E-state index contributed by atoms with van der Waals surface area (Å²) in [7, 11) is -14.7. The predicted molar refractivity (Wildman–Crippen MR) is 178 cm³/mol. The Hall–Kier alpha value is -0.210. The van der Waals surface area contributed by atoms with E-state index < -0.39 is 60.8 Å². The quantitative estimate of drug-likeness (QED) is 0.0327. The van der Waals surface area contributed by atoms with Crippen molar-refractivity contribution in [2.24, 2.45) is 5.41 Å². The van der Waals surface area contributed by atoms with Crippen molar-refractivity contribution in [2.45, 2.75) is 186 Å². The molecule has 0 aromatic heterocycles. The van der Waals surface area contributed by atoms with Gasteiger partial charge in [0.15, 0.2) is 6.29 Å². The highest BCUT2D eigenvalue weighted by Gasteiger charge is 2.63. The molecule has 0 aromatic carbocycles. The molecule has 7 nitrogen and oxygen atoms in total. The normalized spacial score (nSPS) is 15.2. The highest BCUT2D eigenvalue weighted by atomic mass is 32.3. The van der Waals surface area contributed by atoms with Crippen molar-refractivity contribution < 1.29 is 52.7 Å². The van der Waals surface area contributed by atoms with Crippen molar-refractivity contribution in [3.8, 4) is 0 Å². The smallest absolute Gasteiger partial charge is 0.356 e. The van der Waals surface area contributed by atoms with Crippen LogP contribution in [0, 0.1) is 5.41 Å². The van der Waals surface area contributed by atoms with Gasteiger partial charge in [0.1, 0.15) is 0 Å². The van der Waals surface area contributed by atoms with Gasteiger partial charge in [0.05, 0.1) is 5.85 Å². The standard InChI is InChI=1S/C31H60F6NO6PS2/c1-6-9-12-15-18-21-24-29(25-22-19-16-13-10-7-2,26-23-20-17-14-11-8-3)28(44-27(4)43-5)45-38(46(39,40)30(32,33)34)47(41,42)31(35,36)37/h27-28,45H,6-26H2,1-5H3. The minimum Gasteiger partial charge on any atom is -0.356 e. The zero-order valence-corrected chi connectivity index (χ0v) is 31.6. The van der Waals surface area contributed by atoms with Crippen molar-refractivity contribution in [1.82, 2.24) is 3.48 Å². The van der Waals surface area contributed by atoms with Gasteiger partial charge < -0.3 is 9.47 Å². The molecule has 0 saturated heterocycles. The number of sulfonamides is 2. The van der Waals surface area contributed by atoms with E-state index in [1.54, 1.807) is 0 Å². The van der Waals surface area contributed by atoms with Crippen LogP contribution in [-0.2, 0) is 29.5 Å². The minimum atomic E-state index is -6.97. The third-order valence-corrected chi connectivity index (χ3v) is 15.0. The lowest BCUT2D eigenvalue weighted by Gasteiger charge is -2.43. The molecule has 0 N–H and O–H groups in total. The Morgan fingerprint density at radius 1 is 0.574 bits per heavy atom. The molecule has 0 aliphatic rings. The maximum absolute atomic E-state index is 13.8. The van der Waals surface area contributed by atoms with E-state index in [0.717, 1.165) is 96.3 Å². The fourth-order valence-electron chi connectivity index (χ4n) is 5.65. The second-order valence-electron chi connectivity index (χ2n) is 12.5. The first kappa shape index (κ1) is 46.8. The number of halogens is 6. The lowest BCUT2D eigenvalue weighted by atomic mass is 9.74. The van der Waals surface area contributed by atoms with Gasteiger partial charge in [-0.05, 0) is 26.2 Å². The topological polar surface area (TPSA) is 90.0 Å². The molecule has 47 heavy (non-hydrogen) atoms. The summed E-state index contributed by atoms with van der Waals surface area (Å²) in [6, 6.07) is 0. The molecule has 0 heterocycles. The van der Waals surface area contributed by atoms with Gasteiger partial charge >= 0.3 is 31.1 Å². The van der Waals surface area contributed by atoms with Gasteiger partial charge in [-0.3, -0.25) is 0 Å². The molecular formula is C31H60F6NO6PS2. The van der Waals surface area contributed by atoms with Gasteiger partial charge in [0, 0.05) is 21.3 Å². The summed E-state index contributed by atoms with van der Waals surface area (Å²) in [5.41, 5.74) is -13.7. The van der Waals surface area contributed by atoms with E-state index in [1.165, 1.54) is 14.0 Å². The van der Waals surface area contributed by atoms with Crippen molar-refractivity contribution >= 4 is 28.8 Å². The largest absolute Gasteiger partial charge is 0.512 e. The zero-order valence-electron chi connectivity index (χ0n) is 29.0. The highest BCUT2D eigenvalue weighted by Crippen LogP contribution is 2.53.